The molecule has 0 unspecified atom stereocenters. The van der Waals surface area contributed by atoms with Gasteiger partial charge in [0.05, 0.1) is 0 Å². The molecule has 0 spiro atoms. The molecule has 0 bridgehead atoms. The fraction of sp³-hybridized carbons (Fsp3) is 0.938. The Hall–Kier alpha value is 1.07. The minimum absolute atomic E-state index is 0. The van der Waals surface area contributed by atoms with Crippen LogP contribution in [0.5, 0.6) is 0 Å². The smallest absolute Gasteiger partial charge is 0.678 e. The minimum Gasteiger partial charge on any atom is -0.678 e. The molecule has 0 aromatic rings. The fourth-order valence-corrected chi connectivity index (χ4v) is 1.96. The van der Waals surface area contributed by atoms with Crippen molar-refractivity contribution >= 4 is 0 Å². The van der Waals surface area contributed by atoms with Gasteiger partial charge in [0.25, 0.3) is 0 Å². The first-order chi connectivity index (χ1) is 8.56. The third-order valence-electron chi connectivity index (χ3n) is 3.10. The van der Waals surface area contributed by atoms with Gasteiger partial charge in [0.2, 0.25) is 0 Å². The molecule has 0 N–H and O–H groups in total. The Morgan fingerprint density at radius 2 is 1.45 bits per heavy atom. The van der Waals surface area contributed by atoms with Gasteiger partial charge in [0.1, 0.15) is 0 Å². The topological polar surface area (TPSA) is 37.4 Å². The van der Waals surface area contributed by atoms with Gasteiger partial charge in [-0.3, -0.25) is 6.67 Å². The quantitative estimate of drug-likeness (QED) is 0.534. The summed E-state index contributed by atoms with van der Waals surface area (Å²) in [6.45, 7) is 9.89. The number of ether oxygens (including phenoxy) is 1. The van der Waals surface area contributed by atoms with Crippen molar-refractivity contribution in [2.75, 3.05) is 20.4 Å². The Morgan fingerprint density at radius 1 is 1.00 bits per heavy atom. The Balaban J connectivity index is -0.000000263. The maximum atomic E-state index is 5.00. The summed E-state index contributed by atoms with van der Waals surface area (Å²) in [7, 11) is 1.79. The number of nitrogens with zero attached hydrogens (tertiary/aromatic N) is 2. The van der Waals surface area contributed by atoms with E-state index in [4.69, 9.17) is 4.74 Å². The molecule has 1 aliphatic rings. The Morgan fingerprint density at radius 3 is 1.80 bits per heavy atom. The van der Waals surface area contributed by atoms with Crippen molar-refractivity contribution in [1.82, 2.24) is 0 Å². The standard InChI is InChI=1S/C8H16O.C7H16N2.CH3.La/c1-9-7-6-8-4-2-3-5-8;1-6(2)8-5-9-7(3)4;;/h8H,2-7H2,1H3;6-7H,5H2,1-4H3;1H3;/q;-2;-1;+3. The van der Waals surface area contributed by atoms with Gasteiger partial charge in [0.15, 0.2) is 0 Å². The maximum Gasteiger partial charge on any atom is 3.00 e. The van der Waals surface area contributed by atoms with Gasteiger partial charge >= 0.3 is 35.6 Å². The first-order valence-electron chi connectivity index (χ1n) is 7.38. The molecule has 118 valence electrons. The van der Waals surface area contributed by atoms with Gasteiger partial charge in [-0.25, -0.2) is 0 Å². The van der Waals surface area contributed by atoms with Crippen LogP contribution in [0.2, 0.25) is 0 Å². The molecule has 0 amide bonds. The zero-order valence-electron chi connectivity index (χ0n) is 14.6. The first kappa shape index (κ1) is 26.0. The number of hydrogen-bond donors (Lipinski definition) is 0. The molecule has 1 saturated carbocycles. The van der Waals surface area contributed by atoms with E-state index in [-0.39, 0.29) is 43.0 Å². The Bertz CT molecular complexity index is 164. The Labute approximate surface area is 156 Å². The second-order valence-corrected chi connectivity index (χ2v) is 5.63. The second kappa shape index (κ2) is 18.1. The van der Waals surface area contributed by atoms with Gasteiger partial charge in [0, 0.05) is 13.7 Å². The van der Waals surface area contributed by atoms with E-state index in [1.165, 1.54) is 32.1 Å². The summed E-state index contributed by atoms with van der Waals surface area (Å²) in [6.07, 6.45) is 7.09. The molecule has 0 saturated heterocycles. The van der Waals surface area contributed by atoms with Crippen LogP contribution in [0.15, 0.2) is 0 Å². The zero-order chi connectivity index (χ0) is 13.8. The van der Waals surface area contributed by atoms with Crippen LogP contribution in [0.4, 0.5) is 0 Å². The van der Waals surface area contributed by atoms with E-state index >= 15 is 0 Å². The molecule has 1 aliphatic carbocycles. The largest absolute Gasteiger partial charge is 3.00 e. The molecular formula is C16H35LaN2O. The van der Waals surface area contributed by atoms with Gasteiger partial charge in [-0.2, -0.15) is 0 Å². The molecule has 1 fully saturated rings. The van der Waals surface area contributed by atoms with Crippen molar-refractivity contribution in [2.24, 2.45) is 5.92 Å². The van der Waals surface area contributed by atoms with E-state index < -0.39 is 0 Å². The number of rotatable bonds is 7. The van der Waals surface area contributed by atoms with Crippen LogP contribution in [0.1, 0.15) is 59.8 Å². The average Bonchev–Trinajstić information content (AvgIpc) is 2.79. The molecule has 4 heteroatoms. The average molecular weight is 410 g/mol. The predicted molar refractivity (Wildman–Crippen MR) is 86.7 cm³/mol. The molecule has 3 nitrogen and oxygen atoms in total. The van der Waals surface area contributed by atoms with Crippen molar-refractivity contribution < 1.29 is 40.3 Å². The van der Waals surface area contributed by atoms with E-state index in [1.54, 1.807) is 7.11 Å². The normalized spacial score (nSPS) is 14.6. The number of methoxy groups -OCH3 is 1. The second-order valence-electron chi connectivity index (χ2n) is 5.63. The summed E-state index contributed by atoms with van der Waals surface area (Å²) in [5, 5.41) is 8.40. The van der Waals surface area contributed by atoms with Crippen LogP contribution < -0.4 is 0 Å². The molecule has 0 heterocycles. The zero-order valence-corrected chi connectivity index (χ0v) is 18.2. The van der Waals surface area contributed by atoms with E-state index in [1.807, 2.05) is 0 Å². The van der Waals surface area contributed by atoms with Crippen LogP contribution in [0.25, 0.3) is 10.6 Å². The molecule has 20 heavy (non-hydrogen) atoms. The first-order valence-corrected chi connectivity index (χ1v) is 7.38. The SMILES string of the molecule is CC(C)[N-]C[N-]C(C)C.COCCC1CCCC1.[CH3-].[La+3]. The fourth-order valence-electron chi connectivity index (χ4n) is 1.96. The molecule has 0 aromatic carbocycles. The molecule has 0 atom stereocenters. The minimum atomic E-state index is 0. The molecule has 1 rings (SSSR count). The van der Waals surface area contributed by atoms with E-state index in [0.717, 1.165) is 12.5 Å². The summed E-state index contributed by atoms with van der Waals surface area (Å²) in [4.78, 5) is 0. The summed E-state index contributed by atoms with van der Waals surface area (Å²) in [5.41, 5.74) is 0. The molecular weight excluding hydrogens is 375 g/mol. The van der Waals surface area contributed by atoms with Gasteiger partial charge in [-0.05, 0) is 12.3 Å². The predicted octanol–water partition coefficient (Wildman–Crippen LogP) is 5.17. The summed E-state index contributed by atoms with van der Waals surface area (Å²) < 4.78 is 5.00. The van der Waals surface area contributed by atoms with Crippen LogP contribution in [-0.4, -0.2) is 32.5 Å². The van der Waals surface area contributed by atoms with Crippen molar-refractivity contribution in [1.29, 1.82) is 0 Å². The van der Waals surface area contributed by atoms with Crippen LogP contribution in [0.3, 0.4) is 0 Å². The Kier molecular flexibility index (Phi) is 23.6. The summed E-state index contributed by atoms with van der Waals surface area (Å²) in [5.74, 6) is 0.991. The summed E-state index contributed by atoms with van der Waals surface area (Å²) in [6, 6.07) is 0.847. The van der Waals surface area contributed by atoms with E-state index in [2.05, 4.69) is 38.3 Å². The maximum absolute atomic E-state index is 5.00. The van der Waals surface area contributed by atoms with Crippen LogP contribution >= 0.6 is 0 Å². The van der Waals surface area contributed by atoms with Crippen LogP contribution in [0, 0.1) is 48.9 Å². The van der Waals surface area contributed by atoms with Crippen molar-refractivity contribution in [2.45, 2.75) is 71.9 Å². The molecule has 0 radical (unpaired) electrons. The summed E-state index contributed by atoms with van der Waals surface area (Å²) >= 11 is 0. The van der Waals surface area contributed by atoms with E-state index in [0.29, 0.717) is 18.8 Å². The molecule has 0 aliphatic heterocycles. The van der Waals surface area contributed by atoms with Crippen molar-refractivity contribution in [3.63, 3.8) is 0 Å². The molecule has 0 aromatic heterocycles. The van der Waals surface area contributed by atoms with Gasteiger partial charge in [-0.15, -0.1) is 12.1 Å². The van der Waals surface area contributed by atoms with E-state index in [9.17, 15) is 0 Å². The van der Waals surface area contributed by atoms with Crippen molar-refractivity contribution in [3.8, 4) is 0 Å². The van der Waals surface area contributed by atoms with Crippen molar-refractivity contribution in [3.05, 3.63) is 18.1 Å². The third kappa shape index (κ3) is 19.1. The van der Waals surface area contributed by atoms with Crippen LogP contribution in [-0.2, 0) is 4.74 Å². The van der Waals surface area contributed by atoms with Gasteiger partial charge in [-0.1, -0.05) is 53.4 Å². The third-order valence-corrected chi connectivity index (χ3v) is 3.10. The van der Waals surface area contributed by atoms with Gasteiger partial charge < -0.3 is 22.8 Å². The monoisotopic (exact) mass is 410 g/mol. The number of hydrogen-bond acceptors (Lipinski definition) is 1.